The zero-order valence-corrected chi connectivity index (χ0v) is 21.2. The van der Waals surface area contributed by atoms with Crippen molar-refractivity contribution in [3.63, 3.8) is 0 Å². The van der Waals surface area contributed by atoms with Gasteiger partial charge in [0.2, 0.25) is 5.88 Å². The molecule has 2 aromatic heterocycles. The Morgan fingerprint density at radius 2 is 2.15 bits per heavy atom. The Labute approximate surface area is 211 Å². The van der Waals surface area contributed by atoms with E-state index in [9.17, 15) is 4.39 Å². The lowest BCUT2D eigenvalue weighted by Gasteiger charge is -2.39. The van der Waals surface area contributed by atoms with Gasteiger partial charge < -0.3 is 19.5 Å². The number of guanidine groups is 1. The molecule has 3 heterocycles. The Balaban J connectivity index is 0.00000306. The Morgan fingerprint density at radius 1 is 1.27 bits per heavy atom. The molecule has 1 aliphatic rings. The zero-order chi connectivity index (χ0) is 22.3. The van der Waals surface area contributed by atoms with Gasteiger partial charge in [-0.05, 0) is 37.5 Å². The SMILES string of the molecule is CCNC(=NCc1cccnc1Oc1cccc(F)c1)N1CCC(C)C(n2ccnc2)C1.I. The molecular weight excluding hydrogens is 534 g/mol. The highest BCUT2D eigenvalue weighted by molar-refractivity contribution is 14.0. The first-order valence-corrected chi connectivity index (χ1v) is 11.0. The maximum absolute atomic E-state index is 13.5. The molecule has 1 aliphatic heterocycles. The number of hydrogen-bond acceptors (Lipinski definition) is 4. The minimum Gasteiger partial charge on any atom is -0.439 e. The monoisotopic (exact) mass is 564 g/mol. The first-order valence-electron chi connectivity index (χ1n) is 11.0. The fourth-order valence-corrected chi connectivity index (χ4v) is 3.96. The summed E-state index contributed by atoms with van der Waals surface area (Å²) >= 11 is 0. The molecule has 176 valence electrons. The summed E-state index contributed by atoms with van der Waals surface area (Å²) in [7, 11) is 0. The van der Waals surface area contributed by atoms with Crippen LogP contribution in [0, 0.1) is 11.7 Å². The molecule has 9 heteroatoms. The summed E-state index contributed by atoms with van der Waals surface area (Å²) in [6.07, 6.45) is 8.48. The van der Waals surface area contributed by atoms with E-state index in [2.05, 4.69) is 38.6 Å². The van der Waals surface area contributed by atoms with Crippen LogP contribution < -0.4 is 10.1 Å². The number of pyridine rings is 1. The first kappa shape index (κ1) is 24.9. The van der Waals surface area contributed by atoms with E-state index in [0.29, 0.717) is 30.1 Å². The van der Waals surface area contributed by atoms with Crippen LogP contribution in [0.2, 0.25) is 0 Å². The van der Waals surface area contributed by atoms with Crippen molar-refractivity contribution in [2.75, 3.05) is 19.6 Å². The molecule has 0 spiro atoms. The molecule has 0 bridgehead atoms. The van der Waals surface area contributed by atoms with Gasteiger partial charge in [-0.3, -0.25) is 0 Å². The molecule has 1 fully saturated rings. The van der Waals surface area contributed by atoms with Crippen LogP contribution in [0.4, 0.5) is 4.39 Å². The average Bonchev–Trinajstić information content (AvgIpc) is 3.33. The van der Waals surface area contributed by atoms with Crippen LogP contribution in [0.5, 0.6) is 11.6 Å². The predicted octanol–water partition coefficient (Wildman–Crippen LogP) is 4.88. The Kier molecular flexibility index (Phi) is 9.04. The predicted molar refractivity (Wildman–Crippen MR) is 138 cm³/mol. The van der Waals surface area contributed by atoms with E-state index in [1.165, 1.54) is 12.1 Å². The maximum atomic E-state index is 13.5. The number of nitrogens with zero attached hydrogens (tertiary/aromatic N) is 5. The molecule has 0 aliphatic carbocycles. The smallest absolute Gasteiger partial charge is 0.224 e. The molecule has 7 nitrogen and oxygen atoms in total. The van der Waals surface area contributed by atoms with Crippen LogP contribution in [0.15, 0.2) is 66.3 Å². The number of benzene rings is 1. The van der Waals surface area contributed by atoms with Crippen LogP contribution in [0.1, 0.15) is 31.9 Å². The van der Waals surface area contributed by atoms with Crippen LogP contribution in [-0.4, -0.2) is 45.0 Å². The van der Waals surface area contributed by atoms with E-state index in [0.717, 1.165) is 37.6 Å². The van der Waals surface area contributed by atoms with Crippen molar-refractivity contribution >= 4 is 29.9 Å². The van der Waals surface area contributed by atoms with Crippen molar-refractivity contribution in [3.8, 4) is 11.6 Å². The number of aromatic nitrogens is 3. The summed E-state index contributed by atoms with van der Waals surface area (Å²) in [6.45, 7) is 7.35. The Morgan fingerprint density at radius 3 is 2.91 bits per heavy atom. The Hall–Kier alpha value is -2.69. The lowest BCUT2D eigenvalue weighted by atomic mass is 9.93. The zero-order valence-electron chi connectivity index (χ0n) is 18.9. The van der Waals surface area contributed by atoms with Crippen LogP contribution in [0.25, 0.3) is 0 Å². The highest BCUT2D eigenvalue weighted by Crippen LogP contribution is 2.28. The number of aliphatic imine (C=N–C) groups is 1. The van der Waals surface area contributed by atoms with Gasteiger partial charge in [0.25, 0.3) is 0 Å². The summed E-state index contributed by atoms with van der Waals surface area (Å²) in [5.41, 5.74) is 0.837. The topological polar surface area (TPSA) is 67.6 Å². The quantitative estimate of drug-likeness (QED) is 0.263. The molecular formula is C24H30FIN6O. The molecule has 33 heavy (non-hydrogen) atoms. The molecule has 4 rings (SSSR count). The van der Waals surface area contributed by atoms with Gasteiger partial charge in [0.15, 0.2) is 5.96 Å². The summed E-state index contributed by atoms with van der Waals surface area (Å²) in [5, 5.41) is 3.42. The van der Waals surface area contributed by atoms with E-state index in [4.69, 9.17) is 9.73 Å². The number of ether oxygens (including phenoxy) is 1. The second-order valence-electron chi connectivity index (χ2n) is 7.99. The minimum absolute atomic E-state index is 0. The largest absolute Gasteiger partial charge is 0.439 e. The molecule has 0 amide bonds. The third-order valence-electron chi connectivity index (χ3n) is 5.72. The molecule has 3 aromatic rings. The molecule has 0 saturated carbocycles. The summed E-state index contributed by atoms with van der Waals surface area (Å²) in [5.74, 6) is 1.92. The molecule has 2 atom stereocenters. The van der Waals surface area contributed by atoms with Crippen molar-refractivity contribution in [1.82, 2.24) is 24.8 Å². The second kappa shape index (κ2) is 12.0. The summed E-state index contributed by atoms with van der Waals surface area (Å²) in [4.78, 5) is 15.7. The first-order chi connectivity index (χ1) is 15.6. The molecule has 1 N–H and O–H groups in total. The molecule has 1 saturated heterocycles. The molecule has 0 radical (unpaired) electrons. The van der Waals surface area contributed by atoms with Crippen LogP contribution in [0.3, 0.4) is 0 Å². The van der Waals surface area contributed by atoms with Gasteiger partial charge in [-0.2, -0.15) is 0 Å². The van der Waals surface area contributed by atoms with E-state index in [-0.39, 0.29) is 29.8 Å². The number of rotatable bonds is 6. The minimum atomic E-state index is -0.348. The van der Waals surface area contributed by atoms with Gasteiger partial charge in [-0.15, -0.1) is 24.0 Å². The standard InChI is InChI=1S/C24H29FN6O.HI/c1-3-27-24(30-12-9-18(2)22(16-30)31-13-11-26-17-31)29-15-19-6-5-10-28-23(19)32-21-8-4-7-20(25)14-21;/h4-8,10-11,13-14,17-18,22H,3,9,12,15-16H2,1-2H3,(H,27,29);1H. The lowest BCUT2D eigenvalue weighted by molar-refractivity contribution is 0.189. The van der Waals surface area contributed by atoms with Gasteiger partial charge in [0, 0.05) is 49.9 Å². The normalized spacial score (nSPS) is 18.5. The van der Waals surface area contributed by atoms with Crippen LogP contribution in [-0.2, 0) is 6.54 Å². The van der Waals surface area contributed by atoms with E-state index in [1.54, 1.807) is 18.3 Å². The lowest BCUT2D eigenvalue weighted by Crippen LogP contribution is -2.49. The maximum Gasteiger partial charge on any atom is 0.224 e. The molecule has 1 aromatic carbocycles. The highest BCUT2D eigenvalue weighted by Gasteiger charge is 2.29. The fraction of sp³-hybridized carbons (Fsp3) is 0.375. The fourth-order valence-electron chi connectivity index (χ4n) is 3.96. The van der Waals surface area contributed by atoms with E-state index in [1.807, 2.05) is 30.9 Å². The van der Waals surface area contributed by atoms with Crippen molar-refractivity contribution in [1.29, 1.82) is 0 Å². The number of halogens is 2. The van der Waals surface area contributed by atoms with Gasteiger partial charge in [0.05, 0.1) is 18.9 Å². The van der Waals surface area contributed by atoms with Crippen molar-refractivity contribution < 1.29 is 9.13 Å². The van der Waals surface area contributed by atoms with E-state index >= 15 is 0 Å². The van der Waals surface area contributed by atoms with Crippen molar-refractivity contribution in [3.05, 3.63) is 72.7 Å². The third kappa shape index (κ3) is 6.43. The summed E-state index contributed by atoms with van der Waals surface area (Å²) < 4.78 is 21.6. The Bertz CT molecular complexity index is 1040. The van der Waals surface area contributed by atoms with Crippen LogP contribution >= 0.6 is 24.0 Å². The van der Waals surface area contributed by atoms with Gasteiger partial charge in [0.1, 0.15) is 11.6 Å². The van der Waals surface area contributed by atoms with Crippen molar-refractivity contribution in [2.45, 2.75) is 32.9 Å². The number of nitrogens with one attached hydrogen (secondary N) is 1. The number of imidazole rings is 1. The van der Waals surface area contributed by atoms with Gasteiger partial charge >= 0.3 is 0 Å². The highest BCUT2D eigenvalue weighted by atomic mass is 127. The second-order valence-corrected chi connectivity index (χ2v) is 7.99. The van der Waals surface area contributed by atoms with Crippen molar-refractivity contribution in [2.24, 2.45) is 10.9 Å². The van der Waals surface area contributed by atoms with Gasteiger partial charge in [-0.25, -0.2) is 19.4 Å². The number of likely N-dealkylation sites (tertiary alicyclic amines) is 1. The number of hydrogen-bond donors (Lipinski definition) is 1. The van der Waals surface area contributed by atoms with Gasteiger partial charge in [-0.1, -0.05) is 19.1 Å². The third-order valence-corrected chi connectivity index (χ3v) is 5.72. The van der Waals surface area contributed by atoms with E-state index < -0.39 is 0 Å². The summed E-state index contributed by atoms with van der Waals surface area (Å²) in [6, 6.07) is 10.2. The molecule has 2 unspecified atom stereocenters. The number of piperidine rings is 1. The average molecular weight is 564 g/mol.